The predicted octanol–water partition coefficient (Wildman–Crippen LogP) is 3.62. The van der Waals surface area contributed by atoms with Gasteiger partial charge in [-0.15, -0.1) is 0 Å². The fraction of sp³-hybridized carbons (Fsp3) is 0.938. The van der Waals surface area contributed by atoms with Gasteiger partial charge in [-0.2, -0.15) is 0 Å². The summed E-state index contributed by atoms with van der Waals surface area (Å²) in [6, 6.07) is -0.111. The first kappa shape index (κ1) is 16.5. The first-order chi connectivity index (χ1) is 8.83. The van der Waals surface area contributed by atoms with Crippen molar-refractivity contribution >= 4 is 5.97 Å². The number of carbonyl (C=O) groups is 1. The molecule has 0 saturated carbocycles. The molecule has 0 amide bonds. The van der Waals surface area contributed by atoms with Gasteiger partial charge >= 0.3 is 5.97 Å². The Hall–Kier alpha value is -0.570. The Morgan fingerprint density at radius 2 is 2.00 bits per heavy atom. The van der Waals surface area contributed by atoms with Gasteiger partial charge < -0.3 is 4.74 Å². The van der Waals surface area contributed by atoms with Crippen LogP contribution in [0.4, 0.5) is 0 Å². The molecule has 1 fully saturated rings. The van der Waals surface area contributed by atoms with E-state index < -0.39 is 0 Å². The lowest BCUT2D eigenvalue weighted by Gasteiger charge is -2.29. The normalized spacial score (nSPS) is 23.7. The van der Waals surface area contributed by atoms with E-state index in [9.17, 15) is 4.79 Å². The zero-order valence-electron chi connectivity index (χ0n) is 13.4. The predicted molar refractivity (Wildman–Crippen MR) is 79.1 cm³/mol. The molecule has 1 rings (SSSR count). The SMILES string of the molecule is CCCC1CCCN(C(C)C(=O)OC(C)(C)C)CC1. The van der Waals surface area contributed by atoms with Gasteiger partial charge in [0, 0.05) is 0 Å². The van der Waals surface area contributed by atoms with Crippen molar-refractivity contribution in [1.82, 2.24) is 4.90 Å². The van der Waals surface area contributed by atoms with Crippen LogP contribution in [-0.2, 0) is 9.53 Å². The Bertz CT molecular complexity index is 283. The summed E-state index contributed by atoms with van der Waals surface area (Å²) in [6.07, 6.45) is 6.34. The van der Waals surface area contributed by atoms with Crippen LogP contribution in [-0.4, -0.2) is 35.6 Å². The van der Waals surface area contributed by atoms with Crippen LogP contribution in [0.5, 0.6) is 0 Å². The summed E-state index contributed by atoms with van der Waals surface area (Å²) in [7, 11) is 0. The molecule has 2 atom stereocenters. The Balaban J connectivity index is 2.48. The van der Waals surface area contributed by atoms with Gasteiger partial charge in [-0.1, -0.05) is 19.8 Å². The number of carbonyl (C=O) groups excluding carboxylic acids is 1. The van der Waals surface area contributed by atoms with E-state index in [2.05, 4.69) is 11.8 Å². The number of ether oxygens (including phenoxy) is 1. The molecule has 0 N–H and O–H groups in total. The second-order valence-electron chi connectivity index (χ2n) is 6.83. The van der Waals surface area contributed by atoms with Crippen LogP contribution < -0.4 is 0 Å². The molecule has 1 aliphatic rings. The van der Waals surface area contributed by atoms with E-state index in [1.807, 2.05) is 27.7 Å². The van der Waals surface area contributed by atoms with Gasteiger partial charge in [0.25, 0.3) is 0 Å². The molecule has 0 aromatic heterocycles. The van der Waals surface area contributed by atoms with E-state index in [-0.39, 0.29) is 17.6 Å². The van der Waals surface area contributed by atoms with Gasteiger partial charge in [-0.3, -0.25) is 9.69 Å². The standard InChI is InChI=1S/C16H31NO2/c1-6-8-14-9-7-11-17(12-10-14)13(2)15(18)19-16(3,4)5/h13-14H,6-12H2,1-5H3. The van der Waals surface area contributed by atoms with E-state index in [0.29, 0.717) is 0 Å². The lowest BCUT2D eigenvalue weighted by atomic mass is 9.96. The van der Waals surface area contributed by atoms with E-state index in [1.54, 1.807) is 0 Å². The quantitative estimate of drug-likeness (QED) is 0.730. The van der Waals surface area contributed by atoms with Crippen LogP contribution in [0, 0.1) is 5.92 Å². The lowest BCUT2D eigenvalue weighted by molar-refractivity contribution is -0.160. The minimum absolute atomic E-state index is 0.0820. The molecule has 0 aromatic rings. The third kappa shape index (κ3) is 5.94. The Morgan fingerprint density at radius 1 is 1.32 bits per heavy atom. The summed E-state index contributed by atoms with van der Waals surface area (Å²) >= 11 is 0. The summed E-state index contributed by atoms with van der Waals surface area (Å²) in [4.78, 5) is 14.4. The van der Waals surface area contributed by atoms with Crippen LogP contribution in [0.1, 0.15) is 66.7 Å². The zero-order chi connectivity index (χ0) is 14.5. The highest BCUT2D eigenvalue weighted by atomic mass is 16.6. The van der Waals surface area contributed by atoms with Crippen LogP contribution in [0.15, 0.2) is 0 Å². The van der Waals surface area contributed by atoms with E-state index >= 15 is 0 Å². The van der Waals surface area contributed by atoms with Gasteiger partial charge in [0.1, 0.15) is 11.6 Å². The Morgan fingerprint density at radius 3 is 2.58 bits per heavy atom. The molecular weight excluding hydrogens is 238 g/mol. The molecule has 0 radical (unpaired) electrons. The molecule has 0 bridgehead atoms. The average Bonchev–Trinajstić information content (AvgIpc) is 2.52. The van der Waals surface area contributed by atoms with E-state index in [0.717, 1.165) is 19.0 Å². The maximum Gasteiger partial charge on any atom is 0.323 e. The molecule has 19 heavy (non-hydrogen) atoms. The summed E-state index contributed by atoms with van der Waals surface area (Å²) in [5.74, 6) is 0.766. The van der Waals surface area contributed by atoms with E-state index in [1.165, 1.54) is 32.1 Å². The number of nitrogens with zero attached hydrogens (tertiary/aromatic N) is 1. The number of rotatable bonds is 4. The van der Waals surface area contributed by atoms with Gasteiger partial charge in [0.05, 0.1) is 0 Å². The van der Waals surface area contributed by atoms with E-state index in [4.69, 9.17) is 4.74 Å². The minimum atomic E-state index is -0.387. The zero-order valence-corrected chi connectivity index (χ0v) is 13.4. The monoisotopic (exact) mass is 269 g/mol. The lowest BCUT2D eigenvalue weighted by Crippen LogP contribution is -2.43. The highest BCUT2D eigenvalue weighted by Gasteiger charge is 2.28. The van der Waals surface area contributed by atoms with Gasteiger partial charge in [0.2, 0.25) is 0 Å². The topological polar surface area (TPSA) is 29.5 Å². The summed E-state index contributed by atoms with van der Waals surface area (Å²) < 4.78 is 5.49. The average molecular weight is 269 g/mol. The van der Waals surface area contributed by atoms with Gasteiger partial charge in [0.15, 0.2) is 0 Å². The van der Waals surface area contributed by atoms with Crippen LogP contribution in [0.25, 0.3) is 0 Å². The summed E-state index contributed by atoms with van der Waals surface area (Å²) in [6.45, 7) is 12.1. The number of hydrogen-bond acceptors (Lipinski definition) is 3. The second-order valence-corrected chi connectivity index (χ2v) is 6.83. The van der Waals surface area contributed by atoms with Crippen LogP contribution in [0.3, 0.4) is 0 Å². The van der Waals surface area contributed by atoms with Gasteiger partial charge in [-0.05, 0) is 66.0 Å². The summed E-state index contributed by atoms with van der Waals surface area (Å²) in [5, 5.41) is 0. The van der Waals surface area contributed by atoms with Crippen molar-refractivity contribution in [2.45, 2.75) is 78.4 Å². The van der Waals surface area contributed by atoms with Crippen molar-refractivity contribution in [3.63, 3.8) is 0 Å². The maximum absolute atomic E-state index is 12.1. The number of hydrogen-bond donors (Lipinski definition) is 0. The molecule has 3 heteroatoms. The molecule has 1 saturated heterocycles. The van der Waals surface area contributed by atoms with Crippen molar-refractivity contribution in [2.24, 2.45) is 5.92 Å². The molecule has 0 aliphatic carbocycles. The van der Waals surface area contributed by atoms with Crippen molar-refractivity contribution in [2.75, 3.05) is 13.1 Å². The molecular formula is C16H31NO2. The third-order valence-electron chi connectivity index (χ3n) is 3.87. The fourth-order valence-corrected chi connectivity index (χ4v) is 2.81. The maximum atomic E-state index is 12.1. The first-order valence-electron chi connectivity index (χ1n) is 7.80. The first-order valence-corrected chi connectivity index (χ1v) is 7.80. The largest absolute Gasteiger partial charge is 0.459 e. The minimum Gasteiger partial charge on any atom is -0.459 e. The molecule has 2 unspecified atom stereocenters. The van der Waals surface area contributed by atoms with Crippen molar-refractivity contribution in [3.8, 4) is 0 Å². The molecule has 3 nitrogen and oxygen atoms in total. The smallest absolute Gasteiger partial charge is 0.323 e. The van der Waals surface area contributed by atoms with Crippen LogP contribution in [0.2, 0.25) is 0 Å². The Kier molecular flexibility index (Phi) is 6.31. The van der Waals surface area contributed by atoms with Crippen molar-refractivity contribution in [3.05, 3.63) is 0 Å². The van der Waals surface area contributed by atoms with Crippen molar-refractivity contribution < 1.29 is 9.53 Å². The highest BCUT2D eigenvalue weighted by Crippen LogP contribution is 2.23. The number of likely N-dealkylation sites (tertiary alicyclic amines) is 1. The number of esters is 1. The van der Waals surface area contributed by atoms with Gasteiger partial charge in [-0.25, -0.2) is 0 Å². The molecule has 1 aliphatic heterocycles. The highest BCUT2D eigenvalue weighted by molar-refractivity contribution is 5.75. The second kappa shape index (κ2) is 7.28. The van der Waals surface area contributed by atoms with Crippen molar-refractivity contribution in [1.29, 1.82) is 0 Å². The molecule has 0 spiro atoms. The molecule has 0 aromatic carbocycles. The fourth-order valence-electron chi connectivity index (χ4n) is 2.81. The summed E-state index contributed by atoms with van der Waals surface area (Å²) in [5.41, 5.74) is -0.387. The molecule has 112 valence electrons. The Labute approximate surface area is 118 Å². The molecule has 1 heterocycles. The third-order valence-corrected chi connectivity index (χ3v) is 3.87. The van der Waals surface area contributed by atoms with Crippen LogP contribution >= 0.6 is 0 Å².